The summed E-state index contributed by atoms with van der Waals surface area (Å²) < 4.78 is 23.6. The van der Waals surface area contributed by atoms with Gasteiger partial charge in [0.05, 0.1) is 17.9 Å². The van der Waals surface area contributed by atoms with Gasteiger partial charge in [-0.05, 0) is 31.8 Å². The fourth-order valence-electron chi connectivity index (χ4n) is 4.02. The summed E-state index contributed by atoms with van der Waals surface area (Å²) >= 11 is 0. The van der Waals surface area contributed by atoms with Crippen molar-refractivity contribution >= 4 is 15.8 Å². The summed E-state index contributed by atoms with van der Waals surface area (Å²) in [7, 11) is -3.08. The highest BCUT2D eigenvalue weighted by molar-refractivity contribution is 7.91. The van der Waals surface area contributed by atoms with E-state index in [0.29, 0.717) is 18.5 Å². The number of piperidine rings is 3. The summed E-state index contributed by atoms with van der Waals surface area (Å²) in [6.07, 6.45) is 2.25. The van der Waals surface area contributed by atoms with E-state index in [1.807, 2.05) is 0 Å². The van der Waals surface area contributed by atoms with E-state index in [4.69, 9.17) is 5.11 Å². The molecule has 4 aliphatic rings. The number of carbonyl (C=O) groups is 1. The number of carboxylic acids is 1. The van der Waals surface area contributed by atoms with E-state index < -0.39 is 15.8 Å². The molecule has 6 nitrogen and oxygen atoms in total. The first-order valence-corrected chi connectivity index (χ1v) is 9.17. The van der Waals surface area contributed by atoms with Crippen LogP contribution in [0.5, 0.6) is 0 Å². The van der Waals surface area contributed by atoms with Gasteiger partial charge in [0.15, 0.2) is 9.84 Å². The van der Waals surface area contributed by atoms with Crippen molar-refractivity contribution < 1.29 is 18.3 Å². The molecule has 2 atom stereocenters. The highest BCUT2D eigenvalue weighted by Crippen LogP contribution is 2.33. The summed E-state index contributed by atoms with van der Waals surface area (Å²) in [5.74, 6) is -0.120. The largest absolute Gasteiger partial charge is 0.481 e. The van der Waals surface area contributed by atoms with E-state index in [9.17, 15) is 13.2 Å². The lowest BCUT2D eigenvalue weighted by Gasteiger charge is -2.52. The Morgan fingerprint density at radius 2 is 1.90 bits per heavy atom. The monoisotopic (exact) mass is 302 g/mol. The minimum Gasteiger partial charge on any atom is -0.481 e. The quantitative estimate of drug-likeness (QED) is 0.768. The number of rotatable bonds is 3. The highest BCUT2D eigenvalue weighted by Gasteiger charge is 2.43. The number of fused-ring (bicyclic) bond motifs is 3. The topological polar surface area (TPSA) is 77.9 Å². The molecule has 4 heterocycles. The lowest BCUT2D eigenvalue weighted by atomic mass is 9.82. The average Bonchev–Trinajstić information content (AvgIpc) is 2.38. The first-order valence-electron chi connectivity index (χ1n) is 7.35. The Balaban J connectivity index is 1.77. The minimum absolute atomic E-state index is 0.00250. The molecule has 0 aromatic carbocycles. The molecule has 2 bridgehead atoms. The Hall–Kier alpha value is -0.660. The molecular formula is C13H22N2O4S. The van der Waals surface area contributed by atoms with Crippen LogP contribution >= 0.6 is 0 Å². The Morgan fingerprint density at radius 3 is 2.45 bits per heavy atom. The van der Waals surface area contributed by atoms with Crippen LogP contribution < -0.4 is 0 Å². The third-order valence-corrected chi connectivity index (χ3v) is 6.73. The van der Waals surface area contributed by atoms with Crippen LogP contribution in [-0.2, 0) is 14.6 Å². The van der Waals surface area contributed by atoms with Crippen LogP contribution in [0.3, 0.4) is 0 Å². The number of sulfone groups is 1. The van der Waals surface area contributed by atoms with Gasteiger partial charge in [0.1, 0.15) is 0 Å². The van der Waals surface area contributed by atoms with Gasteiger partial charge in [-0.3, -0.25) is 9.69 Å². The molecule has 0 saturated carbocycles. The molecule has 20 heavy (non-hydrogen) atoms. The maximum atomic E-state index is 11.8. The van der Waals surface area contributed by atoms with E-state index >= 15 is 0 Å². The third kappa shape index (κ3) is 2.84. The molecule has 0 aromatic rings. The Labute approximate surface area is 119 Å². The number of carboxylic acid groups (broad SMARTS) is 1. The van der Waals surface area contributed by atoms with Crippen LogP contribution in [0.4, 0.5) is 0 Å². The maximum absolute atomic E-state index is 11.8. The molecule has 114 valence electrons. The summed E-state index contributed by atoms with van der Waals surface area (Å²) in [6.45, 7) is 3.74. The third-order valence-electron chi connectivity index (χ3n) is 5.03. The first kappa shape index (κ1) is 14.3. The van der Waals surface area contributed by atoms with Crippen molar-refractivity contribution in [3.05, 3.63) is 0 Å². The van der Waals surface area contributed by atoms with Crippen molar-refractivity contribution in [1.29, 1.82) is 0 Å². The van der Waals surface area contributed by atoms with Crippen LogP contribution in [0, 0.1) is 5.92 Å². The number of aliphatic carboxylic acids is 1. The van der Waals surface area contributed by atoms with Crippen LogP contribution in [-0.4, -0.2) is 79.1 Å². The summed E-state index contributed by atoms with van der Waals surface area (Å²) in [5, 5.41) is 9.05. The molecule has 4 saturated heterocycles. The lowest BCUT2D eigenvalue weighted by Crippen LogP contribution is -2.63. The smallest absolute Gasteiger partial charge is 0.304 e. The number of hydrogen-bond acceptors (Lipinski definition) is 5. The summed E-state index contributed by atoms with van der Waals surface area (Å²) in [4.78, 5) is 15.6. The van der Waals surface area contributed by atoms with Crippen molar-refractivity contribution in [3.63, 3.8) is 0 Å². The van der Waals surface area contributed by atoms with Crippen molar-refractivity contribution in [2.24, 2.45) is 5.92 Å². The van der Waals surface area contributed by atoms with Crippen LogP contribution in [0.25, 0.3) is 0 Å². The van der Waals surface area contributed by atoms with Gasteiger partial charge in [-0.2, -0.15) is 0 Å². The standard InChI is InChI=1S/C13H22N2O4S/c16-13(17)7-11-9-20(18,19)6-5-15(11)12-8-14-3-1-10(12)2-4-14/h10-12H,1-9H2,(H,16,17). The molecule has 0 radical (unpaired) electrons. The van der Waals surface area contributed by atoms with Crippen molar-refractivity contribution in [1.82, 2.24) is 9.80 Å². The Kier molecular flexibility index (Phi) is 3.77. The molecule has 7 heteroatoms. The Morgan fingerprint density at radius 1 is 1.20 bits per heavy atom. The zero-order valence-electron chi connectivity index (χ0n) is 11.6. The van der Waals surface area contributed by atoms with E-state index in [1.165, 1.54) is 0 Å². The van der Waals surface area contributed by atoms with Gasteiger partial charge in [0.25, 0.3) is 0 Å². The molecule has 0 aliphatic carbocycles. The molecular weight excluding hydrogens is 280 g/mol. The molecule has 4 aliphatic heterocycles. The van der Waals surface area contributed by atoms with Crippen molar-refractivity contribution in [2.75, 3.05) is 37.7 Å². The molecule has 0 aromatic heterocycles. The second kappa shape index (κ2) is 5.27. The molecule has 4 fully saturated rings. The average molecular weight is 302 g/mol. The first-order chi connectivity index (χ1) is 9.44. The van der Waals surface area contributed by atoms with Gasteiger partial charge >= 0.3 is 5.97 Å². The zero-order valence-corrected chi connectivity index (χ0v) is 12.4. The second-order valence-electron chi connectivity index (χ2n) is 6.31. The van der Waals surface area contributed by atoms with Gasteiger partial charge in [0.2, 0.25) is 0 Å². The summed E-state index contributed by atoms with van der Waals surface area (Å²) in [5.41, 5.74) is 0. The lowest BCUT2D eigenvalue weighted by molar-refractivity contribution is -0.139. The van der Waals surface area contributed by atoms with E-state index in [2.05, 4.69) is 9.80 Å². The fourth-order valence-corrected chi connectivity index (χ4v) is 5.57. The summed E-state index contributed by atoms with van der Waals surface area (Å²) in [6, 6.07) is -0.00542. The molecule has 4 rings (SSSR count). The Bertz CT molecular complexity index is 485. The van der Waals surface area contributed by atoms with Gasteiger partial charge < -0.3 is 10.0 Å². The van der Waals surface area contributed by atoms with Crippen LogP contribution in [0.15, 0.2) is 0 Å². The van der Waals surface area contributed by atoms with Gasteiger partial charge in [0, 0.05) is 25.2 Å². The van der Waals surface area contributed by atoms with Gasteiger partial charge in [-0.25, -0.2) is 8.42 Å². The van der Waals surface area contributed by atoms with Gasteiger partial charge in [-0.15, -0.1) is 0 Å². The normalized spacial score (nSPS) is 40.6. The predicted octanol–water partition coefficient (Wildman–Crippen LogP) is -0.346. The molecule has 0 spiro atoms. The number of hydrogen-bond donors (Lipinski definition) is 1. The van der Waals surface area contributed by atoms with E-state index in [0.717, 1.165) is 32.5 Å². The van der Waals surface area contributed by atoms with Crippen LogP contribution in [0.2, 0.25) is 0 Å². The highest BCUT2D eigenvalue weighted by atomic mass is 32.2. The predicted molar refractivity (Wildman–Crippen MR) is 74.4 cm³/mol. The second-order valence-corrected chi connectivity index (χ2v) is 8.54. The van der Waals surface area contributed by atoms with E-state index in [1.54, 1.807) is 0 Å². The van der Waals surface area contributed by atoms with Gasteiger partial charge in [-0.1, -0.05) is 0 Å². The zero-order chi connectivity index (χ0) is 14.3. The SMILES string of the molecule is O=C(O)CC1CS(=O)(=O)CCN1C1CN2CCC1CC2. The molecule has 1 N–H and O–H groups in total. The molecule has 2 unspecified atom stereocenters. The molecule has 0 amide bonds. The fraction of sp³-hybridized carbons (Fsp3) is 0.923. The minimum atomic E-state index is -3.08. The van der Waals surface area contributed by atoms with Crippen molar-refractivity contribution in [2.45, 2.75) is 31.3 Å². The van der Waals surface area contributed by atoms with Crippen LogP contribution in [0.1, 0.15) is 19.3 Å². The van der Waals surface area contributed by atoms with Crippen molar-refractivity contribution in [3.8, 4) is 0 Å². The number of nitrogens with zero attached hydrogens (tertiary/aromatic N) is 2. The van der Waals surface area contributed by atoms with E-state index in [-0.39, 0.29) is 24.0 Å². The maximum Gasteiger partial charge on any atom is 0.304 e.